The van der Waals surface area contributed by atoms with Gasteiger partial charge in [0.1, 0.15) is 0 Å². The minimum atomic E-state index is -0.0540. The molecule has 7 heteroatoms. The fourth-order valence-electron chi connectivity index (χ4n) is 3.10. The molecule has 0 saturated carbocycles. The van der Waals surface area contributed by atoms with Gasteiger partial charge in [0.25, 0.3) is 11.8 Å². The van der Waals surface area contributed by atoms with Gasteiger partial charge in [0.15, 0.2) is 11.5 Å². The Morgan fingerprint density at radius 1 is 1.04 bits per heavy atom. The molecule has 0 aliphatic carbocycles. The van der Waals surface area contributed by atoms with E-state index in [2.05, 4.69) is 6.92 Å². The molecule has 1 fully saturated rings. The van der Waals surface area contributed by atoms with Crippen molar-refractivity contribution >= 4 is 23.2 Å². The van der Waals surface area contributed by atoms with E-state index in [-0.39, 0.29) is 11.8 Å². The van der Waals surface area contributed by atoms with Crippen LogP contribution in [0.25, 0.3) is 0 Å². The number of carbonyl (C=O) groups excluding carboxylic acids is 2. The van der Waals surface area contributed by atoms with Crippen LogP contribution in [0.5, 0.6) is 11.5 Å². The lowest BCUT2D eigenvalue weighted by atomic mass is 10.1. The van der Waals surface area contributed by atoms with Crippen molar-refractivity contribution in [1.29, 1.82) is 0 Å². The van der Waals surface area contributed by atoms with E-state index in [9.17, 15) is 9.59 Å². The van der Waals surface area contributed by atoms with E-state index in [4.69, 9.17) is 9.47 Å². The number of nitrogens with zero attached hydrogens (tertiary/aromatic N) is 2. The largest absolute Gasteiger partial charge is 0.493 e. The molecule has 150 valence electrons. The van der Waals surface area contributed by atoms with Crippen molar-refractivity contribution in [2.75, 3.05) is 39.9 Å². The number of rotatable bonds is 7. The van der Waals surface area contributed by atoms with E-state index in [1.165, 1.54) is 11.3 Å². The van der Waals surface area contributed by atoms with Gasteiger partial charge in [-0.25, -0.2) is 0 Å². The third-order valence-corrected chi connectivity index (χ3v) is 5.61. The second-order valence-electron chi connectivity index (χ2n) is 6.63. The first-order chi connectivity index (χ1) is 13.6. The van der Waals surface area contributed by atoms with E-state index in [0.29, 0.717) is 49.8 Å². The Balaban J connectivity index is 1.60. The molecule has 1 aliphatic rings. The van der Waals surface area contributed by atoms with Gasteiger partial charge in [-0.15, -0.1) is 11.3 Å². The summed E-state index contributed by atoms with van der Waals surface area (Å²) >= 11 is 1.44. The Hall–Kier alpha value is -2.54. The lowest BCUT2D eigenvalue weighted by molar-refractivity contribution is 0.0538. The summed E-state index contributed by atoms with van der Waals surface area (Å²) < 4.78 is 11.1. The first-order valence-electron chi connectivity index (χ1n) is 9.57. The van der Waals surface area contributed by atoms with Gasteiger partial charge >= 0.3 is 0 Å². The van der Waals surface area contributed by atoms with Gasteiger partial charge in [-0.3, -0.25) is 9.59 Å². The molecule has 1 aromatic heterocycles. The van der Waals surface area contributed by atoms with Crippen LogP contribution in [0.15, 0.2) is 35.7 Å². The first-order valence-corrected chi connectivity index (χ1v) is 10.4. The van der Waals surface area contributed by atoms with E-state index in [0.717, 1.165) is 17.7 Å². The molecule has 0 radical (unpaired) electrons. The Kier molecular flexibility index (Phi) is 6.92. The van der Waals surface area contributed by atoms with Gasteiger partial charge in [-0.1, -0.05) is 19.4 Å². The third kappa shape index (κ3) is 4.65. The Bertz CT molecular complexity index is 799. The molecular weight excluding hydrogens is 376 g/mol. The molecule has 6 nitrogen and oxygen atoms in total. The zero-order valence-corrected chi connectivity index (χ0v) is 17.2. The molecule has 0 bridgehead atoms. The molecule has 1 aliphatic heterocycles. The number of benzene rings is 1. The minimum Gasteiger partial charge on any atom is -0.493 e. The summed E-state index contributed by atoms with van der Waals surface area (Å²) in [6.07, 6.45) is 2.03. The third-order valence-electron chi connectivity index (χ3n) is 4.75. The maximum Gasteiger partial charge on any atom is 0.264 e. The van der Waals surface area contributed by atoms with Crippen molar-refractivity contribution in [2.45, 2.75) is 19.8 Å². The quantitative estimate of drug-likeness (QED) is 0.665. The summed E-state index contributed by atoms with van der Waals surface area (Å²) in [7, 11) is 1.57. The van der Waals surface area contributed by atoms with Gasteiger partial charge in [0, 0.05) is 31.7 Å². The van der Waals surface area contributed by atoms with E-state index >= 15 is 0 Å². The highest BCUT2D eigenvalue weighted by Crippen LogP contribution is 2.29. The maximum atomic E-state index is 12.9. The highest BCUT2D eigenvalue weighted by atomic mass is 32.1. The number of methoxy groups -OCH3 is 1. The fraction of sp³-hybridized carbons (Fsp3) is 0.429. The number of hydrogen-bond acceptors (Lipinski definition) is 5. The number of piperazine rings is 1. The smallest absolute Gasteiger partial charge is 0.264 e. The number of thiophene rings is 1. The van der Waals surface area contributed by atoms with Crippen LogP contribution in [-0.2, 0) is 0 Å². The second kappa shape index (κ2) is 9.59. The Labute approximate surface area is 169 Å². The van der Waals surface area contributed by atoms with Gasteiger partial charge in [-0.2, -0.15) is 0 Å². The number of carbonyl (C=O) groups is 2. The average Bonchev–Trinajstić information content (AvgIpc) is 3.28. The summed E-state index contributed by atoms with van der Waals surface area (Å²) in [5.41, 5.74) is 0.567. The van der Waals surface area contributed by atoms with Gasteiger partial charge in [-0.05, 0) is 36.1 Å². The van der Waals surface area contributed by atoms with Crippen molar-refractivity contribution in [3.05, 3.63) is 46.2 Å². The molecule has 0 N–H and O–H groups in total. The predicted octanol–water partition coefficient (Wildman–Crippen LogP) is 3.53. The van der Waals surface area contributed by atoms with Crippen LogP contribution in [0.2, 0.25) is 0 Å². The highest BCUT2D eigenvalue weighted by Gasteiger charge is 2.26. The summed E-state index contributed by atoms with van der Waals surface area (Å²) in [6.45, 7) is 4.85. The summed E-state index contributed by atoms with van der Waals surface area (Å²) in [5, 5.41) is 1.90. The molecule has 0 atom stereocenters. The zero-order chi connectivity index (χ0) is 19.9. The molecule has 2 amide bonds. The summed E-state index contributed by atoms with van der Waals surface area (Å²) in [4.78, 5) is 29.6. The minimum absolute atomic E-state index is 0.0392. The monoisotopic (exact) mass is 402 g/mol. The lowest BCUT2D eigenvalue weighted by Crippen LogP contribution is -2.50. The zero-order valence-electron chi connectivity index (χ0n) is 16.3. The summed E-state index contributed by atoms with van der Waals surface area (Å²) in [5.74, 6) is 1.20. The SMILES string of the molecule is CCCCOc1ccc(C(=O)N2CCN(C(=O)c3cccs3)CC2)cc1OC. The predicted molar refractivity (Wildman–Crippen MR) is 110 cm³/mol. The van der Waals surface area contributed by atoms with Crippen LogP contribution in [0.3, 0.4) is 0 Å². The molecular formula is C21H26N2O4S. The fourth-order valence-corrected chi connectivity index (χ4v) is 3.79. The molecule has 0 unspecified atom stereocenters. The van der Waals surface area contributed by atoms with E-state index in [1.54, 1.807) is 35.1 Å². The van der Waals surface area contributed by atoms with Crippen molar-refractivity contribution in [3.63, 3.8) is 0 Å². The molecule has 1 aromatic carbocycles. The molecule has 2 aromatic rings. The maximum absolute atomic E-state index is 12.9. The normalized spacial score (nSPS) is 14.1. The van der Waals surface area contributed by atoms with Crippen LogP contribution in [0, 0.1) is 0 Å². The van der Waals surface area contributed by atoms with Crippen LogP contribution < -0.4 is 9.47 Å². The van der Waals surface area contributed by atoms with Crippen molar-refractivity contribution in [3.8, 4) is 11.5 Å². The number of hydrogen-bond donors (Lipinski definition) is 0. The lowest BCUT2D eigenvalue weighted by Gasteiger charge is -2.34. The summed E-state index contributed by atoms with van der Waals surface area (Å²) in [6, 6.07) is 9.00. The highest BCUT2D eigenvalue weighted by molar-refractivity contribution is 7.12. The van der Waals surface area contributed by atoms with Crippen LogP contribution in [-0.4, -0.2) is 61.5 Å². The van der Waals surface area contributed by atoms with Crippen LogP contribution in [0.4, 0.5) is 0 Å². The van der Waals surface area contributed by atoms with Crippen molar-refractivity contribution in [1.82, 2.24) is 9.80 Å². The Morgan fingerprint density at radius 2 is 1.75 bits per heavy atom. The molecule has 1 saturated heterocycles. The molecule has 28 heavy (non-hydrogen) atoms. The van der Waals surface area contributed by atoms with Crippen molar-refractivity contribution < 1.29 is 19.1 Å². The molecule has 0 spiro atoms. The van der Waals surface area contributed by atoms with Gasteiger partial charge in [0.2, 0.25) is 0 Å². The van der Waals surface area contributed by atoms with Crippen molar-refractivity contribution in [2.24, 2.45) is 0 Å². The standard InChI is InChI=1S/C21H26N2O4S/c1-3-4-13-27-17-8-7-16(15-18(17)26-2)20(24)22-9-11-23(12-10-22)21(25)19-6-5-14-28-19/h5-8,14-15H,3-4,9-13H2,1-2H3. The molecule has 3 rings (SSSR count). The number of amides is 2. The van der Waals surface area contributed by atoms with E-state index < -0.39 is 0 Å². The number of unbranched alkanes of at least 4 members (excludes halogenated alkanes) is 1. The molecule has 2 heterocycles. The van der Waals surface area contributed by atoms with Gasteiger partial charge in [0.05, 0.1) is 18.6 Å². The number of ether oxygens (including phenoxy) is 2. The average molecular weight is 403 g/mol. The van der Waals surface area contributed by atoms with Crippen LogP contribution in [0.1, 0.15) is 39.8 Å². The van der Waals surface area contributed by atoms with Crippen LogP contribution >= 0.6 is 11.3 Å². The van der Waals surface area contributed by atoms with Gasteiger partial charge < -0.3 is 19.3 Å². The first kappa shape index (κ1) is 20.2. The Morgan fingerprint density at radius 3 is 2.36 bits per heavy atom. The van der Waals surface area contributed by atoms with E-state index in [1.807, 2.05) is 17.5 Å². The second-order valence-corrected chi connectivity index (χ2v) is 7.58. The topological polar surface area (TPSA) is 59.1 Å².